The number of nitrogens with zero attached hydrogens (tertiary/aromatic N) is 1. The quantitative estimate of drug-likeness (QED) is 0.719. The van der Waals surface area contributed by atoms with Gasteiger partial charge in [0.05, 0.1) is 18.3 Å². The molecule has 2 aromatic rings. The second kappa shape index (κ2) is 2.69. The van der Waals surface area contributed by atoms with Gasteiger partial charge in [-0.1, -0.05) is 0 Å². The summed E-state index contributed by atoms with van der Waals surface area (Å²) in [7, 11) is 3.63. The molecule has 2 rings (SSSR count). The number of nitrogen functional groups attached to an aromatic ring is 1. The van der Waals surface area contributed by atoms with Gasteiger partial charge < -0.3 is 15.0 Å². The van der Waals surface area contributed by atoms with E-state index >= 15 is 0 Å². The Hall–Kier alpha value is -1.64. The van der Waals surface area contributed by atoms with Gasteiger partial charge in [0.1, 0.15) is 5.75 Å². The van der Waals surface area contributed by atoms with E-state index in [0.29, 0.717) is 0 Å². The first-order valence-electron chi connectivity index (χ1n) is 4.11. The lowest BCUT2D eigenvalue weighted by Gasteiger charge is -2.00. The summed E-state index contributed by atoms with van der Waals surface area (Å²) in [5, 5.41) is 1.04. The number of fused-ring (bicyclic) bond motifs is 1. The van der Waals surface area contributed by atoms with Crippen LogP contribution in [0.25, 0.3) is 10.9 Å². The van der Waals surface area contributed by atoms with Crippen molar-refractivity contribution in [1.29, 1.82) is 0 Å². The van der Waals surface area contributed by atoms with Crippen LogP contribution in [0.4, 0.5) is 5.69 Å². The molecule has 0 saturated carbocycles. The summed E-state index contributed by atoms with van der Waals surface area (Å²) in [6, 6.07) is 5.89. The summed E-state index contributed by atoms with van der Waals surface area (Å²) in [5.74, 6) is 0.838. The van der Waals surface area contributed by atoms with Gasteiger partial charge in [0, 0.05) is 18.6 Å². The van der Waals surface area contributed by atoms with Crippen LogP contribution in [0.2, 0.25) is 0 Å². The van der Waals surface area contributed by atoms with E-state index in [2.05, 4.69) is 0 Å². The van der Waals surface area contributed by atoms with E-state index in [0.717, 1.165) is 22.3 Å². The molecule has 1 aromatic carbocycles. The minimum atomic E-state index is 0.788. The number of nitrogens with two attached hydrogens (primary N) is 1. The van der Waals surface area contributed by atoms with Crippen LogP contribution >= 0.6 is 0 Å². The maximum absolute atomic E-state index is 5.82. The third-order valence-corrected chi connectivity index (χ3v) is 2.23. The van der Waals surface area contributed by atoms with Crippen molar-refractivity contribution in [2.24, 2.45) is 7.05 Å². The smallest absolute Gasteiger partial charge is 0.119 e. The fraction of sp³-hybridized carbons (Fsp3) is 0.200. The van der Waals surface area contributed by atoms with E-state index in [1.165, 1.54) is 0 Å². The summed E-state index contributed by atoms with van der Waals surface area (Å²) in [6.07, 6.45) is 1.91. The number of rotatable bonds is 1. The van der Waals surface area contributed by atoms with Gasteiger partial charge >= 0.3 is 0 Å². The van der Waals surface area contributed by atoms with Crippen molar-refractivity contribution in [3.05, 3.63) is 24.4 Å². The molecule has 0 spiro atoms. The van der Waals surface area contributed by atoms with Crippen LogP contribution in [-0.2, 0) is 7.05 Å². The van der Waals surface area contributed by atoms with Crippen LogP contribution in [0.1, 0.15) is 0 Å². The summed E-state index contributed by atoms with van der Waals surface area (Å²) in [4.78, 5) is 0. The second-order valence-electron chi connectivity index (χ2n) is 3.08. The van der Waals surface area contributed by atoms with Gasteiger partial charge in [0.25, 0.3) is 0 Å². The average Bonchev–Trinajstić information content (AvgIpc) is 2.42. The van der Waals surface area contributed by atoms with Gasteiger partial charge in [0.15, 0.2) is 0 Å². The lowest BCUT2D eigenvalue weighted by Crippen LogP contribution is -1.85. The molecule has 0 unspecified atom stereocenters. The van der Waals surface area contributed by atoms with Gasteiger partial charge in [-0.05, 0) is 18.2 Å². The lowest BCUT2D eigenvalue weighted by atomic mass is 10.2. The fourth-order valence-electron chi connectivity index (χ4n) is 1.53. The molecular weight excluding hydrogens is 164 g/mol. The number of aryl methyl sites for hydroxylation is 1. The Kier molecular flexibility index (Phi) is 1.65. The van der Waals surface area contributed by atoms with Crippen molar-refractivity contribution in [3.8, 4) is 5.75 Å². The Balaban J connectivity index is 2.76. The molecule has 0 fully saturated rings. The molecule has 0 aliphatic rings. The van der Waals surface area contributed by atoms with Crippen LogP contribution in [0, 0.1) is 0 Å². The van der Waals surface area contributed by atoms with E-state index in [1.54, 1.807) is 7.11 Å². The third kappa shape index (κ3) is 1.13. The molecule has 2 N–H and O–H groups in total. The summed E-state index contributed by atoms with van der Waals surface area (Å²) in [5.41, 5.74) is 7.74. The molecule has 1 heterocycles. The monoisotopic (exact) mass is 176 g/mol. The SMILES string of the molecule is COc1ccc2c(c1)c(N)cn2C. The zero-order valence-electron chi connectivity index (χ0n) is 7.74. The molecule has 3 heteroatoms. The number of aromatic nitrogens is 1. The van der Waals surface area contributed by atoms with Crippen molar-refractivity contribution in [1.82, 2.24) is 4.57 Å². The standard InChI is InChI=1S/C10H12N2O/c1-12-6-9(11)8-5-7(13-2)3-4-10(8)12/h3-6H,11H2,1-2H3. The molecular formula is C10H12N2O. The van der Waals surface area contributed by atoms with Crippen molar-refractivity contribution < 1.29 is 4.74 Å². The van der Waals surface area contributed by atoms with Crippen LogP contribution < -0.4 is 10.5 Å². The Morgan fingerprint density at radius 2 is 2.15 bits per heavy atom. The zero-order chi connectivity index (χ0) is 9.42. The predicted octanol–water partition coefficient (Wildman–Crippen LogP) is 1.77. The predicted molar refractivity (Wildman–Crippen MR) is 53.9 cm³/mol. The molecule has 13 heavy (non-hydrogen) atoms. The molecule has 3 nitrogen and oxygen atoms in total. The largest absolute Gasteiger partial charge is 0.497 e. The molecule has 68 valence electrons. The van der Waals surface area contributed by atoms with E-state index in [4.69, 9.17) is 10.5 Å². The number of anilines is 1. The summed E-state index contributed by atoms with van der Waals surface area (Å²) >= 11 is 0. The third-order valence-electron chi connectivity index (χ3n) is 2.23. The molecule has 0 aliphatic heterocycles. The molecule has 1 aromatic heterocycles. The molecule has 0 saturated heterocycles. The van der Waals surface area contributed by atoms with Gasteiger partial charge in [-0.25, -0.2) is 0 Å². The van der Waals surface area contributed by atoms with E-state index in [9.17, 15) is 0 Å². The second-order valence-corrected chi connectivity index (χ2v) is 3.08. The normalized spacial score (nSPS) is 10.6. The first-order valence-corrected chi connectivity index (χ1v) is 4.11. The Labute approximate surface area is 76.7 Å². The van der Waals surface area contributed by atoms with Gasteiger partial charge in [-0.2, -0.15) is 0 Å². The minimum absolute atomic E-state index is 0.788. The molecule has 0 atom stereocenters. The number of methoxy groups -OCH3 is 1. The highest BCUT2D eigenvalue weighted by Crippen LogP contribution is 2.26. The van der Waals surface area contributed by atoms with Crippen LogP contribution in [0.15, 0.2) is 24.4 Å². The Morgan fingerprint density at radius 1 is 1.38 bits per heavy atom. The van der Waals surface area contributed by atoms with E-state index < -0.39 is 0 Å². The van der Waals surface area contributed by atoms with Crippen LogP contribution in [0.3, 0.4) is 0 Å². The summed E-state index contributed by atoms with van der Waals surface area (Å²) in [6.45, 7) is 0. The topological polar surface area (TPSA) is 40.2 Å². The Bertz CT molecular complexity index is 445. The van der Waals surface area contributed by atoms with Crippen LogP contribution in [0.5, 0.6) is 5.75 Å². The maximum Gasteiger partial charge on any atom is 0.119 e. The molecule has 0 radical (unpaired) electrons. The van der Waals surface area contributed by atoms with Crippen molar-refractivity contribution in [2.75, 3.05) is 12.8 Å². The number of hydrogen-bond acceptors (Lipinski definition) is 2. The first kappa shape index (κ1) is 7.98. The van der Waals surface area contributed by atoms with Gasteiger partial charge in [-0.3, -0.25) is 0 Å². The van der Waals surface area contributed by atoms with Gasteiger partial charge in [-0.15, -0.1) is 0 Å². The van der Waals surface area contributed by atoms with Crippen molar-refractivity contribution in [2.45, 2.75) is 0 Å². The number of hydrogen-bond donors (Lipinski definition) is 1. The highest BCUT2D eigenvalue weighted by molar-refractivity contribution is 5.92. The molecule has 0 aliphatic carbocycles. The van der Waals surface area contributed by atoms with Crippen molar-refractivity contribution in [3.63, 3.8) is 0 Å². The van der Waals surface area contributed by atoms with E-state index in [1.807, 2.05) is 36.0 Å². The molecule has 0 bridgehead atoms. The highest BCUT2D eigenvalue weighted by Gasteiger charge is 2.03. The van der Waals surface area contributed by atoms with Crippen LogP contribution in [-0.4, -0.2) is 11.7 Å². The Morgan fingerprint density at radius 3 is 2.85 bits per heavy atom. The van der Waals surface area contributed by atoms with E-state index in [-0.39, 0.29) is 0 Å². The highest BCUT2D eigenvalue weighted by atomic mass is 16.5. The van der Waals surface area contributed by atoms with Gasteiger partial charge in [0.2, 0.25) is 0 Å². The minimum Gasteiger partial charge on any atom is -0.497 e. The van der Waals surface area contributed by atoms with Crippen molar-refractivity contribution >= 4 is 16.6 Å². The number of benzene rings is 1. The maximum atomic E-state index is 5.82. The zero-order valence-corrected chi connectivity index (χ0v) is 7.74. The summed E-state index contributed by atoms with van der Waals surface area (Å²) < 4.78 is 7.13. The first-order chi connectivity index (χ1) is 6.22. The fourth-order valence-corrected chi connectivity index (χ4v) is 1.53. The average molecular weight is 176 g/mol. The molecule has 0 amide bonds. The lowest BCUT2D eigenvalue weighted by molar-refractivity contribution is 0.415. The number of ether oxygens (including phenoxy) is 1.